The Bertz CT molecular complexity index is 583. The van der Waals surface area contributed by atoms with Crippen molar-refractivity contribution in [2.24, 2.45) is 21.5 Å². The summed E-state index contributed by atoms with van der Waals surface area (Å²) in [6.07, 6.45) is 1.30. The molecule has 0 saturated carbocycles. The van der Waals surface area contributed by atoms with Gasteiger partial charge in [0, 0.05) is 12.1 Å². The number of guanidine groups is 2. The lowest BCUT2D eigenvalue weighted by Gasteiger charge is -2.32. The zero-order valence-corrected chi connectivity index (χ0v) is 11.1. The molecule has 0 spiro atoms. The molecule has 0 radical (unpaired) electrons. The number of benzene rings is 1. The maximum atomic E-state index is 10.9. The first-order valence-electron chi connectivity index (χ1n) is 6.24. The Balaban J connectivity index is 2.40. The van der Waals surface area contributed by atoms with Gasteiger partial charge in [-0.2, -0.15) is 4.99 Å². The summed E-state index contributed by atoms with van der Waals surface area (Å²) in [6, 6.07) is 6.20. The number of nitrogens with zero attached hydrogens (tertiary/aromatic N) is 4. The van der Waals surface area contributed by atoms with Gasteiger partial charge in [-0.05, 0) is 12.5 Å². The molecule has 8 nitrogen and oxygen atoms in total. The van der Waals surface area contributed by atoms with Gasteiger partial charge in [-0.1, -0.05) is 19.4 Å². The number of anilines is 1. The Morgan fingerprint density at radius 1 is 1.45 bits per heavy atom. The van der Waals surface area contributed by atoms with Crippen molar-refractivity contribution in [1.82, 2.24) is 0 Å². The standard InChI is InChI=1S/C12H16N6O2/c1-2-4-10-15-11(13)16-12(14)17(10)8-5-3-6-9(7-8)18(19)20/h3,5-7,10H,2,4H2,1H3,(H4,13,14,15,16). The predicted octanol–water partition coefficient (Wildman–Crippen LogP) is 1.17. The maximum absolute atomic E-state index is 10.9. The van der Waals surface area contributed by atoms with Gasteiger partial charge in [0.25, 0.3) is 5.69 Å². The first kappa shape index (κ1) is 13.8. The van der Waals surface area contributed by atoms with Crippen LogP contribution in [0.4, 0.5) is 11.4 Å². The molecule has 0 aromatic heterocycles. The lowest BCUT2D eigenvalue weighted by Crippen LogP contribution is -2.48. The number of nitrogens with two attached hydrogens (primary N) is 2. The van der Waals surface area contributed by atoms with Gasteiger partial charge in [0.15, 0.2) is 0 Å². The Labute approximate surface area is 115 Å². The van der Waals surface area contributed by atoms with Crippen LogP contribution >= 0.6 is 0 Å². The highest BCUT2D eigenvalue weighted by atomic mass is 16.6. The van der Waals surface area contributed by atoms with E-state index in [1.165, 1.54) is 12.1 Å². The maximum Gasteiger partial charge on any atom is 0.271 e. The zero-order chi connectivity index (χ0) is 14.7. The van der Waals surface area contributed by atoms with E-state index in [0.717, 1.165) is 12.8 Å². The summed E-state index contributed by atoms with van der Waals surface area (Å²) >= 11 is 0. The van der Waals surface area contributed by atoms with Gasteiger partial charge < -0.3 is 11.5 Å². The van der Waals surface area contributed by atoms with E-state index >= 15 is 0 Å². The quantitative estimate of drug-likeness (QED) is 0.631. The molecule has 1 aromatic carbocycles. The highest BCUT2D eigenvalue weighted by Crippen LogP contribution is 2.26. The van der Waals surface area contributed by atoms with E-state index in [1.807, 2.05) is 6.92 Å². The van der Waals surface area contributed by atoms with Crippen LogP contribution in [0.15, 0.2) is 34.3 Å². The van der Waals surface area contributed by atoms with E-state index in [2.05, 4.69) is 9.98 Å². The van der Waals surface area contributed by atoms with Gasteiger partial charge in [0.05, 0.1) is 10.6 Å². The number of nitro groups is 1. The van der Waals surface area contributed by atoms with E-state index in [1.54, 1.807) is 17.0 Å². The highest BCUT2D eigenvalue weighted by Gasteiger charge is 2.26. The SMILES string of the molecule is CCCC1N=C(N)N=C(N)N1c1cccc([N+](=O)[O-])c1. The number of hydrogen-bond acceptors (Lipinski definition) is 7. The van der Waals surface area contributed by atoms with Crippen molar-refractivity contribution >= 4 is 23.3 Å². The minimum absolute atomic E-state index is 0.00641. The second-order valence-electron chi connectivity index (χ2n) is 4.37. The summed E-state index contributed by atoms with van der Waals surface area (Å²) < 4.78 is 0. The Morgan fingerprint density at radius 3 is 2.85 bits per heavy atom. The van der Waals surface area contributed by atoms with Gasteiger partial charge in [-0.3, -0.25) is 15.0 Å². The molecule has 1 unspecified atom stereocenters. The number of hydrogen-bond donors (Lipinski definition) is 2. The van der Waals surface area contributed by atoms with Crippen LogP contribution < -0.4 is 16.4 Å². The van der Waals surface area contributed by atoms with Crippen molar-refractivity contribution in [2.45, 2.75) is 25.9 Å². The second kappa shape index (κ2) is 5.55. The molecule has 0 aliphatic carbocycles. The third-order valence-corrected chi connectivity index (χ3v) is 2.92. The van der Waals surface area contributed by atoms with E-state index in [-0.39, 0.29) is 23.8 Å². The normalized spacial score (nSPS) is 18.4. The van der Waals surface area contributed by atoms with Crippen LogP contribution in [0.2, 0.25) is 0 Å². The number of rotatable bonds is 4. The molecule has 0 saturated heterocycles. The first-order valence-corrected chi connectivity index (χ1v) is 6.24. The lowest BCUT2D eigenvalue weighted by molar-refractivity contribution is -0.384. The summed E-state index contributed by atoms with van der Waals surface area (Å²) in [6.45, 7) is 2.01. The summed E-state index contributed by atoms with van der Waals surface area (Å²) in [4.78, 5) is 20.2. The third kappa shape index (κ3) is 2.68. The smallest absolute Gasteiger partial charge is 0.271 e. The third-order valence-electron chi connectivity index (χ3n) is 2.92. The summed E-state index contributed by atoms with van der Waals surface area (Å²) in [7, 11) is 0. The van der Waals surface area contributed by atoms with Crippen LogP contribution in [0.25, 0.3) is 0 Å². The molecule has 1 aliphatic rings. The van der Waals surface area contributed by atoms with Gasteiger partial charge in [0.1, 0.15) is 6.17 Å². The fraction of sp³-hybridized carbons (Fsp3) is 0.333. The van der Waals surface area contributed by atoms with E-state index in [4.69, 9.17) is 11.5 Å². The summed E-state index contributed by atoms with van der Waals surface area (Å²) in [5.74, 6) is 0.319. The Morgan fingerprint density at radius 2 is 2.20 bits per heavy atom. The van der Waals surface area contributed by atoms with Crippen molar-refractivity contribution in [3.8, 4) is 0 Å². The van der Waals surface area contributed by atoms with Crippen molar-refractivity contribution in [2.75, 3.05) is 4.90 Å². The molecule has 1 heterocycles. The van der Waals surface area contributed by atoms with Gasteiger partial charge in [0.2, 0.25) is 11.9 Å². The highest BCUT2D eigenvalue weighted by molar-refractivity contribution is 6.04. The van der Waals surface area contributed by atoms with Crippen LogP contribution in [0.1, 0.15) is 19.8 Å². The van der Waals surface area contributed by atoms with Crippen molar-refractivity contribution in [3.63, 3.8) is 0 Å². The predicted molar refractivity (Wildman–Crippen MR) is 77.5 cm³/mol. The minimum atomic E-state index is -0.451. The summed E-state index contributed by atoms with van der Waals surface area (Å²) in [5.41, 5.74) is 12.1. The summed E-state index contributed by atoms with van der Waals surface area (Å²) in [5, 5.41) is 10.9. The molecule has 1 atom stereocenters. The number of non-ortho nitro benzene ring substituents is 1. The van der Waals surface area contributed by atoms with Crippen molar-refractivity contribution in [3.05, 3.63) is 34.4 Å². The van der Waals surface area contributed by atoms with E-state index in [9.17, 15) is 10.1 Å². The topological polar surface area (TPSA) is 123 Å². The van der Waals surface area contributed by atoms with Crippen molar-refractivity contribution in [1.29, 1.82) is 0 Å². The fourth-order valence-electron chi connectivity index (χ4n) is 2.08. The van der Waals surface area contributed by atoms with Crippen LogP contribution in [-0.4, -0.2) is 23.0 Å². The van der Waals surface area contributed by atoms with Crippen LogP contribution in [0, 0.1) is 10.1 Å². The molecule has 0 bridgehead atoms. The first-order chi connectivity index (χ1) is 9.52. The van der Waals surface area contributed by atoms with Gasteiger partial charge in [-0.25, -0.2) is 4.99 Å². The molecule has 1 aliphatic heterocycles. The molecule has 8 heteroatoms. The van der Waals surface area contributed by atoms with Crippen molar-refractivity contribution < 1.29 is 4.92 Å². The molecule has 4 N–H and O–H groups in total. The zero-order valence-electron chi connectivity index (χ0n) is 11.1. The van der Waals surface area contributed by atoms with E-state index in [0.29, 0.717) is 5.69 Å². The largest absolute Gasteiger partial charge is 0.369 e. The molecule has 0 fully saturated rings. The lowest BCUT2D eigenvalue weighted by atomic mass is 10.2. The Hall–Kier alpha value is -2.64. The van der Waals surface area contributed by atoms with Crippen LogP contribution in [-0.2, 0) is 0 Å². The molecular weight excluding hydrogens is 260 g/mol. The number of nitro benzene ring substituents is 1. The fourth-order valence-corrected chi connectivity index (χ4v) is 2.08. The molecule has 2 rings (SSSR count). The Kier molecular flexibility index (Phi) is 3.83. The minimum Gasteiger partial charge on any atom is -0.369 e. The second-order valence-corrected chi connectivity index (χ2v) is 4.37. The average Bonchev–Trinajstić information content (AvgIpc) is 2.38. The monoisotopic (exact) mass is 276 g/mol. The number of aliphatic imine (C=N–C) groups is 2. The molecule has 1 aromatic rings. The van der Waals surface area contributed by atoms with Gasteiger partial charge >= 0.3 is 0 Å². The van der Waals surface area contributed by atoms with Crippen LogP contribution in [0.3, 0.4) is 0 Å². The average molecular weight is 276 g/mol. The molecule has 20 heavy (non-hydrogen) atoms. The molecular formula is C12H16N6O2. The van der Waals surface area contributed by atoms with Gasteiger partial charge in [-0.15, -0.1) is 0 Å². The molecule has 106 valence electrons. The molecule has 0 amide bonds. The van der Waals surface area contributed by atoms with E-state index < -0.39 is 4.92 Å². The van der Waals surface area contributed by atoms with Crippen LogP contribution in [0.5, 0.6) is 0 Å².